The van der Waals surface area contributed by atoms with Crippen LogP contribution < -0.4 is 10.2 Å². The van der Waals surface area contributed by atoms with E-state index in [1.165, 1.54) is 5.56 Å². The number of benzene rings is 3. The molecule has 1 atom stereocenters. The molecule has 2 aliphatic rings. The SMILES string of the molecule is CC1(C)CC(=O)C2=C(C1)Nc1ccccc1N(CCc1ccccc1)C2c1ccc(Cl)c(Cl)c1. The van der Waals surface area contributed by atoms with Crippen LogP contribution in [-0.2, 0) is 11.2 Å². The van der Waals surface area contributed by atoms with Crippen LogP contribution in [-0.4, -0.2) is 12.3 Å². The molecule has 3 aromatic carbocycles. The Kier molecular flexibility index (Phi) is 6.18. The van der Waals surface area contributed by atoms with Gasteiger partial charge in [0.1, 0.15) is 0 Å². The second-order valence-electron chi connectivity index (χ2n) is 9.98. The number of Topliss-reactive ketones (excluding diaryl/α,β-unsaturated/α-hetero) is 1. The molecule has 3 nitrogen and oxygen atoms in total. The molecular formula is C29H28Cl2N2O. The van der Waals surface area contributed by atoms with E-state index in [0.717, 1.165) is 47.6 Å². The minimum atomic E-state index is -0.256. The minimum absolute atomic E-state index is 0.0980. The normalized spacial score (nSPS) is 19.2. The summed E-state index contributed by atoms with van der Waals surface area (Å²) in [5.74, 6) is 0.187. The standard InChI is InChI=1S/C29H28Cl2N2O/c1-29(2)17-24-27(26(34)18-29)28(20-12-13-21(30)22(31)16-20)33(15-14-19-8-4-3-5-9-19)25-11-7-6-10-23(25)32-24/h3-13,16,28,32H,14-15,17-18H2,1-2H3. The number of allylic oxidation sites excluding steroid dienone is 1. The van der Waals surface area contributed by atoms with Crippen molar-refractivity contribution in [2.75, 3.05) is 16.8 Å². The summed E-state index contributed by atoms with van der Waals surface area (Å²) in [4.78, 5) is 16.1. The van der Waals surface area contributed by atoms with Gasteiger partial charge in [-0.05, 0) is 53.6 Å². The van der Waals surface area contributed by atoms with Gasteiger partial charge < -0.3 is 10.2 Å². The zero-order valence-corrected chi connectivity index (χ0v) is 21.0. The quantitative estimate of drug-likeness (QED) is 0.403. The highest BCUT2D eigenvalue weighted by molar-refractivity contribution is 6.42. The van der Waals surface area contributed by atoms with E-state index in [-0.39, 0.29) is 17.2 Å². The predicted octanol–water partition coefficient (Wildman–Crippen LogP) is 7.85. The van der Waals surface area contributed by atoms with E-state index < -0.39 is 0 Å². The lowest BCUT2D eigenvalue weighted by molar-refractivity contribution is -0.118. The highest BCUT2D eigenvalue weighted by Gasteiger charge is 2.41. The Labute approximate surface area is 211 Å². The van der Waals surface area contributed by atoms with Crippen LogP contribution in [0.4, 0.5) is 11.4 Å². The van der Waals surface area contributed by atoms with Crippen LogP contribution >= 0.6 is 23.2 Å². The lowest BCUT2D eigenvalue weighted by atomic mass is 9.73. The van der Waals surface area contributed by atoms with Crippen LogP contribution in [0, 0.1) is 5.41 Å². The van der Waals surface area contributed by atoms with Crippen molar-refractivity contribution in [1.29, 1.82) is 0 Å². The van der Waals surface area contributed by atoms with Gasteiger partial charge in [0.2, 0.25) is 0 Å². The van der Waals surface area contributed by atoms with Crippen LogP contribution in [0.2, 0.25) is 10.0 Å². The molecule has 1 unspecified atom stereocenters. The van der Waals surface area contributed by atoms with Gasteiger partial charge in [-0.2, -0.15) is 0 Å². The zero-order chi connectivity index (χ0) is 23.9. The maximum absolute atomic E-state index is 13.7. The number of nitrogens with one attached hydrogen (secondary N) is 1. The fourth-order valence-corrected chi connectivity index (χ4v) is 5.53. The first-order valence-corrected chi connectivity index (χ1v) is 12.5. The largest absolute Gasteiger partial charge is 0.358 e. The van der Waals surface area contributed by atoms with E-state index >= 15 is 0 Å². The average molecular weight is 491 g/mol. The van der Waals surface area contributed by atoms with Crippen molar-refractivity contribution in [3.8, 4) is 0 Å². The number of carbonyl (C=O) groups is 1. The summed E-state index contributed by atoms with van der Waals surface area (Å²) in [6.45, 7) is 5.07. The zero-order valence-electron chi connectivity index (χ0n) is 19.4. The number of para-hydroxylation sites is 2. The van der Waals surface area contributed by atoms with E-state index in [1.807, 2.05) is 30.3 Å². The van der Waals surface area contributed by atoms with Gasteiger partial charge in [0, 0.05) is 24.2 Å². The number of halogens is 2. The molecular weight excluding hydrogens is 463 g/mol. The van der Waals surface area contributed by atoms with Gasteiger partial charge in [0.15, 0.2) is 5.78 Å². The Morgan fingerprint density at radius 2 is 1.68 bits per heavy atom. The summed E-state index contributed by atoms with van der Waals surface area (Å²) in [5, 5.41) is 4.67. The second kappa shape index (κ2) is 9.13. The lowest BCUT2D eigenvalue weighted by Gasteiger charge is -2.38. The maximum atomic E-state index is 13.7. The summed E-state index contributed by atoms with van der Waals surface area (Å²) in [5.41, 5.74) is 6.08. The summed E-state index contributed by atoms with van der Waals surface area (Å²) in [6.07, 6.45) is 2.19. The first-order chi connectivity index (χ1) is 16.3. The summed E-state index contributed by atoms with van der Waals surface area (Å²) >= 11 is 12.8. The van der Waals surface area contributed by atoms with Gasteiger partial charge in [-0.3, -0.25) is 4.79 Å². The van der Waals surface area contributed by atoms with Crippen LogP contribution in [0.1, 0.15) is 43.9 Å². The summed E-state index contributed by atoms with van der Waals surface area (Å²) < 4.78 is 0. The van der Waals surface area contributed by atoms with Crippen molar-refractivity contribution in [3.63, 3.8) is 0 Å². The Morgan fingerprint density at radius 1 is 0.941 bits per heavy atom. The van der Waals surface area contributed by atoms with E-state index in [0.29, 0.717) is 16.5 Å². The first-order valence-electron chi connectivity index (χ1n) is 11.7. The molecule has 0 saturated heterocycles. The molecule has 174 valence electrons. The molecule has 1 heterocycles. The van der Waals surface area contributed by atoms with E-state index in [2.05, 4.69) is 66.5 Å². The molecule has 1 aliphatic heterocycles. The van der Waals surface area contributed by atoms with Crippen LogP contribution in [0.25, 0.3) is 0 Å². The molecule has 0 spiro atoms. The Balaban J connectivity index is 1.69. The van der Waals surface area contributed by atoms with Gasteiger partial charge in [0.25, 0.3) is 0 Å². The smallest absolute Gasteiger partial charge is 0.163 e. The summed E-state index contributed by atoms with van der Waals surface area (Å²) in [7, 11) is 0. The molecule has 0 bridgehead atoms. The van der Waals surface area contributed by atoms with Gasteiger partial charge in [0.05, 0.1) is 27.5 Å². The molecule has 5 heteroatoms. The van der Waals surface area contributed by atoms with Crippen molar-refractivity contribution in [3.05, 3.63) is 105 Å². The Morgan fingerprint density at radius 3 is 2.44 bits per heavy atom. The van der Waals surface area contributed by atoms with Crippen LogP contribution in [0.5, 0.6) is 0 Å². The molecule has 0 aromatic heterocycles. The van der Waals surface area contributed by atoms with Gasteiger partial charge in [-0.25, -0.2) is 0 Å². The average Bonchev–Trinajstić information content (AvgIpc) is 2.93. The number of hydrogen-bond acceptors (Lipinski definition) is 3. The first kappa shape index (κ1) is 23.0. The number of carbonyl (C=O) groups excluding carboxylic acids is 1. The number of rotatable bonds is 4. The number of fused-ring (bicyclic) bond motifs is 1. The van der Waals surface area contributed by atoms with E-state index in [1.54, 1.807) is 0 Å². The molecule has 5 rings (SSSR count). The van der Waals surface area contributed by atoms with Crippen molar-refractivity contribution in [2.45, 2.75) is 39.2 Å². The topological polar surface area (TPSA) is 32.3 Å². The van der Waals surface area contributed by atoms with E-state index in [4.69, 9.17) is 23.2 Å². The maximum Gasteiger partial charge on any atom is 0.163 e. The fraction of sp³-hybridized carbons (Fsp3) is 0.276. The molecule has 3 aromatic rings. The molecule has 0 amide bonds. The number of ketones is 1. The third kappa shape index (κ3) is 4.47. The van der Waals surface area contributed by atoms with Crippen molar-refractivity contribution in [2.24, 2.45) is 5.41 Å². The third-order valence-electron chi connectivity index (χ3n) is 6.75. The Bertz CT molecular complexity index is 1270. The van der Waals surface area contributed by atoms with Crippen molar-refractivity contribution >= 4 is 40.4 Å². The van der Waals surface area contributed by atoms with Crippen LogP contribution in [0.3, 0.4) is 0 Å². The van der Waals surface area contributed by atoms with Crippen molar-refractivity contribution in [1.82, 2.24) is 0 Å². The van der Waals surface area contributed by atoms with Gasteiger partial charge >= 0.3 is 0 Å². The van der Waals surface area contributed by atoms with Crippen molar-refractivity contribution < 1.29 is 4.79 Å². The molecule has 34 heavy (non-hydrogen) atoms. The highest BCUT2D eigenvalue weighted by Crippen LogP contribution is 2.48. The van der Waals surface area contributed by atoms with Gasteiger partial charge in [-0.15, -0.1) is 0 Å². The number of anilines is 2. The molecule has 0 saturated carbocycles. The second-order valence-corrected chi connectivity index (χ2v) is 10.8. The predicted molar refractivity (Wildman–Crippen MR) is 142 cm³/mol. The minimum Gasteiger partial charge on any atom is -0.358 e. The lowest BCUT2D eigenvalue weighted by Crippen LogP contribution is -2.37. The number of nitrogens with zero attached hydrogens (tertiary/aromatic N) is 1. The van der Waals surface area contributed by atoms with E-state index in [9.17, 15) is 4.79 Å². The van der Waals surface area contributed by atoms with Crippen LogP contribution in [0.15, 0.2) is 84.1 Å². The monoisotopic (exact) mass is 490 g/mol. The Hall–Kier alpha value is -2.75. The molecule has 0 radical (unpaired) electrons. The molecule has 1 N–H and O–H groups in total. The summed E-state index contributed by atoms with van der Waals surface area (Å²) in [6, 6.07) is 24.3. The fourth-order valence-electron chi connectivity index (χ4n) is 5.22. The van der Waals surface area contributed by atoms with Gasteiger partial charge in [-0.1, -0.05) is 85.6 Å². The third-order valence-corrected chi connectivity index (χ3v) is 7.49. The highest BCUT2D eigenvalue weighted by atomic mass is 35.5. The molecule has 0 fully saturated rings. The molecule has 1 aliphatic carbocycles. The number of hydrogen-bond donors (Lipinski definition) is 1.